The van der Waals surface area contributed by atoms with E-state index in [-0.39, 0.29) is 25.2 Å². The average molecular weight is 845 g/mol. The van der Waals surface area contributed by atoms with Crippen LogP contribution in [-0.4, -0.2) is 111 Å². The smallest absolute Gasteiger partial charge is 0.305 e. The molecule has 0 unspecified atom stereocenters. The number of benzene rings is 1. The number of carbonyl (C=O) groups is 10. The largest absolute Gasteiger partial charge is 0.481 e. The first-order valence-electron chi connectivity index (χ1n) is 19.6. The standard InChI is InChI=1S/C41H60N6O13/c1-8-9-14-26(22-48)42-37(57)28(19-23(2)3)46-40(60)35(41(5,6)7)47-39(59)29(20-25-13-11-10-12-24(25)4)45-36(56)27(15-17-32(50)51)44-38(58)30(21-34(54)55)43-31(49)16-18-33(52)53/h8-13,22-23,26-30,35H,14-21H2,1-7H3,(H,42,57)(H,43,49)(H,44,58)(H,45,56)(H,46,60)(H,47,59)(H,50,51)(H,52,53)(H,54,55)/b9-8+/t26-,27-,28-,29-,30-,35+/m0/s1. The monoisotopic (exact) mass is 844 g/mol. The quantitative estimate of drug-likeness (QED) is 0.0463. The molecule has 19 nitrogen and oxygen atoms in total. The first-order chi connectivity index (χ1) is 28.0. The van der Waals surface area contributed by atoms with E-state index in [0.29, 0.717) is 11.8 Å². The third-order valence-corrected chi connectivity index (χ3v) is 9.07. The number of amides is 6. The van der Waals surface area contributed by atoms with Crippen molar-refractivity contribution >= 4 is 59.6 Å². The third-order valence-electron chi connectivity index (χ3n) is 9.07. The van der Waals surface area contributed by atoms with Crippen molar-refractivity contribution in [2.45, 2.75) is 136 Å². The normalized spacial score (nSPS) is 14.3. The fourth-order valence-electron chi connectivity index (χ4n) is 5.81. The molecule has 6 atom stereocenters. The van der Waals surface area contributed by atoms with Crippen LogP contribution in [0.2, 0.25) is 0 Å². The molecule has 0 radical (unpaired) electrons. The highest BCUT2D eigenvalue weighted by Gasteiger charge is 2.38. The Labute approximate surface area is 349 Å². The molecular weight excluding hydrogens is 784 g/mol. The SMILES string of the molecule is C/C=C/C[C@@H](C=O)NC(=O)[C@H](CC(C)C)NC(=O)[C@@H](NC(=O)[C@H](Cc1ccccc1C)NC(=O)[C@H](CCC(=O)O)NC(=O)[C@H](CC(=O)O)NC(=O)CCC(=O)O)C(C)(C)C. The van der Waals surface area contributed by atoms with E-state index >= 15 is 0 Å². The van der Waals surface area contributed by atoms with Gasteiger partial charge in [0.05, 0.1) is 18.9 Å². The Morgan fingerprint density at radius 2 is 1.22 bits per heavy atom. The van der Waals surface area contributed by atoms with Crippen molar-refractivity contribution in [2.24, 2.45) is 11.3 Å². The lowest BCUT2D eigenvalue weighted by molar-refractivity contribution is -0.142. The van der Waals surface area contributed by atoms with E-state index in [1.165, 1.54) is 0 Å². The number of rotatable bonds is 26. The molecule has 9 N–H and O–H groups in total. The van der Waals surface area contributed by atoms with Crippen LogP contribution in [0.25, 0.3) is 0 Å². The Morgan fingerprint density at radius 1 is 0.667 bits per heavy atom. The molecule has 332 valence electrons. The molecule has 1 aromatic carbocycles. The van der Waals surface area contributed by atoms with Crippen molar-refractivity contribution in [1.29, 1.82) is 0 Å². The van der Waals surface area contributed by atoms with Gasteiger partial charge in [0, 0.05) is 19.3 Å². The molecule has 0 aliphatic heterocycles. The van der Waals surface area contributed by atoms with E-state index in [0.717, 1.165) is 5.56 Å². The lowest BCUT2D eigenvalue weighted by Crippen LogP contribution is -2.62. The molecule has 60 heavy (non-hydrogen) atoms. The van der Waals surface area contributed by atoms with Crippen molar-refractivity contribution in [2.75, 3.05) is 0 Å². The van der Waals surface area contributed by atoms with Gasteiger partial charge in [-0.25, -0.2) is 0 Å². The summed E-state index contributed by atoms with van der Waals surface area (Å²) in [6.07, 6.45) is 0.902. The number of aliphatic carboxylic acids is 3. The topological polar surface area (TPSA) is 304 Å². The van der Waals surface area contributed by atoms with Crippen LogP contribution in [0.3, 0.4) is 0 Å². The summed E-state index contributed by atoms with van der Waals surface area (Å²) in [4.78, 5) is 127. The summed E-state index contributed by atoms with van der Waals surface area (Å²) < 4.78 is 0. The fraction of sp³-hybridized carbons (Fsp3) is 0.561. The Hall–Kier alpha value is -6.14. The number of carboxylic acids is 3. The van der Waals surface area contributed by atoms with Gasteiger partial charge in [-0.15, -0.1) is 0 Å². The molecule has 1 aromatic rings. The maximum absolute atomic E-state index is 14.2. The zero-order valence-corrected chi connectivity index (χ0v) is 35.2. The Morgan fingerprint density at radius 3 is 1.75 bits per heavy atom. The maximum Gasteiger partial charge on any atom is 0.305 e. The minimum Gasteiger partial charge on any atom is -0.481 e. The summed E-state index contributed by atoms with van der Waals surface area (Å²) in [5, 5.41) is 42.6. The molecule has 19 heteroatoms. The second-order valence-electron chi connectivity index (χ2n) is 15.9. The number of carbonyl (C=O) groups excluding carboxylic acids is 7. The van der Waals surface area contributed by atoms with Crippen molar-refractivity contribution in [1.82, 2.24) is 31.9 Å². The summed E-state index contributed by atoms with van der Waals surface area (Å²) in [6.45, 7) is 12.2. The molecule has 1 rings (SSSR count). The van der Waals surface area contributed by atoms with Gasteiger partial charge in [0.1, 0.15) is 36.5 Å². The predicted molar refractivity (Wildman–Crippen MR) is 217 cm³/mol. The molecule has 0 aliphatic rings. The van der Waals surface area contributed by atoms with Crippen LogP contribution < -0.4 is 31.9 Å². The molecule has 0 bridgehead atoms. The summed E-state index contributed by atoms with van der Waals surface area (Å²) in [7, 11) is 0. The number of nitrogens with one attached hydrogen (secondary N) is 6. The maximum atomic E-state index is 14.2. The number of hydrogen-bond donors (Lipinski definition) is 9. The number of carboxylic acid groups (broad SMARTS) is 3. The van der Waals surface area contributed by atoms with E-state index in [4.69, 9.17) is 5.11 Å². The van der Waals surface area contributed by atoms with E-state index in [1.54, 1.807) is 71.0 Å². The van der Waals surface area contributed by atoms with Crippen LogP contribution in [0.1, 0.15) is 97.6 Å². The number of aryl methyl sites for hydroxylation is 1. The van der Waals surface area contributed by atoms with Gasteiger partial charge in [-0.05, 0) is 55.6 Å². The minimum atomic E-state index is -1.79. The summed E-state index contributed by atoms with van der Waals surface area (Å²) in [6, 6.07) is -1.29. The molecule has 6 amide bonds. The average Bonchev–Trinajstić information content (AvgIpc) is 3.14. The fourth-order valence-corrected chi connectivity index (χ4v) is 5.81. The van der Waals surface area contributed by atoms with Gasteiger partial charge in [0.15, 0.2) is 0 Å². The summed E-state index contributed by atoms with van der Waals surface area (Å²) in [5.74, 6) is -9.73. The molecule has 0 aliphatic carbocycles. The second kappa shape index (κ2) is 25.4. The zero-order chi connectivity index (χ0) is 45.7. The van der Waals surface area contributed by atoms with E-state index in [9.17, 15) is 58.2 Å². The van der Waals surface area contributed by atoms with Gasteiger partial charge >= 0.3 is 17.9 Å². The molecule has 0 heterocycles. The Bertz CT molecular complexity index is 1740. The number of aldehydes is 1. The zero-order valence-electron chi connectivity index (χ0n) is 35.2. The van der Waals surface area contributed by atoms with Crippen molar-refractivity contribution in [3.8, 4) is 0 Å². The molecule has 0 fully saturated rings. The Balaban J connectivity index is 3.55. The van der Waals surface area contributed by atoms with Crippen LogP contribution in [0.5, 0.6) is 0 Å². The van der Waals surface area contributed by atoms with Gasteiger partial charge in [-0.1, -0.05) is 71.0 Å². The van der Waals surface area contributed by atoms with Gasteiger partial charge in [-0.2, -0.15) is 0 Å². The lowest BCUT2D eigenvalue weighted by atomic mass is 9.85. The van der Waals surface area contributed by atoms with E-state index in [1.807, 2.05) is 13.8 Å². The van der Waals surface area contributed by atoms with Gasteiger partial charge in [-0.3, -0.25) is 43.2 Å². The second-order valence-corrected chi connectivity index (χ2v) is 15.9. The van der Waals surface area contributed by atoms with Crippen LogP contribution in [0.15, 0.2) is 36.4 Å². The van der Waals surface area contributed by atoms with E-state index < -0.39 is 127 Å². The van der Waals surface area contributed by atoms with Crippen LogP contribution in [0.4, 0.5) is 0 Å². The Kier molecular flexibility index (Phi) is 21.9. The first kappa shape index (κ1) is 51.9. The highest BCUT2D eigenvalue weighted by Crippen LogP contribution is 2.21. The van der Waals surface area contributed by atoms with Crippen molar-refractivity contribution < 1.29 is 63.3 Å². The van der Waals surface area contributed by atoms with Crippen molar-refractivity contribution in [3.05, 3.63) is 47.5 Å². The van der Waals surface area contributed by atoms with Crippen LogP contribution in [0, 0.1) is 18.3 Å². The molecule has 0 saturated heterocycles. The molecular formula is C41H60N6O13. The van der Waals surface area contributed by atoms with Gasteiger partial charge in [0.25, 0.3) is 0 Å². The van der Waals surface area contributed by atoms with Gasteiger partial charge in [0.2, 0.25) is 35.4 Å². The third kappa shape index (κ3) is 19.5. The highest BCUT2D eigenvalue weighted by atomic mass is 16.4. The number of hydrogen-bond acceptors (Lipinski definition) is 10. The van der Waals surface area contributed by atoms with Crippen LogP contribution >= 0.6 is 0 Å². The molecule has 0 spiro atoms. The highest BCUT2D eigenvalue weighted by molar-refractivity contribution is 5.98. The first-order valence-corrected chi connectivity index (χ1v) is 19.6. The lowest BCUT2D eigenvalue weighted by Gasteiger charge is -2.33. The predicted octanol–water partition coefficient (Wildman–Crippen LogP) is 0.908. The van der Waals surface area contributed by atoms with Gasteiger partial charge < -0.3 is 52.0 Å². The minimum absolute atomic E-state index is 0.0789. The van der Waals surface area contributed by atoms with Crippen LogP contribution in [-0.2, 0) is 54.4 Å². The summed E-state index contributed by atoms with van der Waals surface area (Å²) >= 11 is 0. The van der Waals surface area contributed by atoms with E-state index in [2.05, 4.69) is 31.9 Å². The van der Waals surface area contributed by atoms with Crippen molar-refractivity contribution in [3.63, 3.8) is 0 Å². The molecule has 0 aromatic heterocycles. The molecule has 0 saturated carbocycles. The number of allylic oxidation sites excluding steroid dienone is 1. The summed E-state index contributed by atoms with van der Waals surface area (Å²) in [5.41, 5.74) is 0.341.